The van der Waals surface area contributed by atoms with E-state index < -0.39 is 186 Å². The van der Waals surface area contributed by atoms with Crippen LogP contribution in [0.15, 0.2) is 0 Å². The van der Waals surface area contributed by atoms with E-state index in [9.17, 15) is 86.5 Å². The highest BCUT2D eigenvalue weighted by molar-refractivity contribution is 5.73. The van der Waals surface area contributed by atoms with Gasteiger partial charge >= 0.3 is 0 Å². The third-order valence-electron chi connectivity index (χ3n) is 10.3. The summed E-state index contributed by atoms with van der Waals surface area (Å²) < 4.78 is 44.8. The quantitative estimate of drug-likeness (QED) is 0.0646. The first-order chi connectivity index (χ1) is 27.3. The van der Waals surface area contributed by atoms with Crippen LogP contribution in [0.3, 0.4) is 0 Å². The van der Waals surface area contributed by atoms with Gasteiger partial charge in [0.2, 0.25) is 5.91 Å². The number of nitrogens with one attached hydrogen (secondary N) is 1. The highest BCUT2D eigenvalue weighted by atomic mass is 16.8. The molecular weight excluding hydrogens is 798 g/mol. The molecule has 0 spiro atoms. The van der Waals surface area contributed by atoms with Gasteiger partial charge in [-0.1, -0.05) is 0 Å². The fourth-order valence-corrected chi connectivity index (χ4v) is 6.87. The van der Waals surface area contributed by atoms with Gasteiger partial charge in [0, 0.05) is 6.92 Å². The summed E-state index contributed by atoms with van der Waals surface area (Å²) in [5.74, 6) is -0.762. The lowest BCUT2D eigenvalue weighted by Gasteiger charge is -2.48. The number of carbonyl (C=O) groups excluding carboxylic acids is 1. The number of hydrogen-bond acceptors (Lipinski definition) is 25. The van der Waals surface area contributed by atoms with Gasteiger partial charge in [-0.05, 0) is 6.92 Å². The highest BCUT2D eigenvalue weighted by Gasteiger charge is 2.54. The van der Waals surface area contributed by atoms with Crippen molar-refractivity contribution < 1.29 is 124 Å². The summed E-state index contributed by atoms with van der Waals surface area (Å²) in [6, 6.07) is -1.56. The molecule has 0 unspecified atom stereocenters. The normalized spacial score (nSPS) is 45.9. The monoisotopic (exact) mass is 855 g/mol. The van der Waals surface area contributed by atoms with Gasteiger partial charge in [0.05, 0.1) is 39.1 Å². The SMILES string of the molecule is CC(=O)N[C@H]1[C@H](OC[C@H]2O[C@@H](O[C@@H]([C@H](O[C@@H]3O[C@@H](C)[C@@H](O)[C@@H](O)[C@@H]3O)[C@@H](O)CO)[C@H](O)CO)[C@H](O)[C@@H](O)[C@H]2O)O[C@H](CO)[C@@H](O)[C@@H]1O[C@@H]1O[C@H](CO)[C@H](O)[C@H](O)[C@H]1O. The summed E-state index contributed by atoms with van der Waals surface area (Å²) in [5.41, 5.74) is 0. The average molecular weight is 856 g/mol. The van der Waals surface area contributed by atoms with Crippen LogP contribution >= 0.6 is 0 Å². The lowest BCUT2D eigenvalue weighted by atomic mass is 9.95. The van der Waals surface area contributed by atoms with Crippen LogP contribution in [0.1, 0.15) is 13.8 Å². The number of ether oxygens (including phenoxy) is 8. The molecule has 4 saturated heterocycles. The van der Waals surface area contributed by atoms with Crippen molar-refractivity contribution in [1.29, 1.82) is 0 Å². The van der Waals surface area contributed by atoms with Crippen LogP contribution < -0.4 is 5.32 Å². The molecule has 4 aliphatic heterocycles. The van der Waals surface area contributed by atoms with E-state index in [2.05, 4.69) is 5.32 Å². The summed E-state index contributed by atoms with van der Waals surface area (Å²) in [4.78, 5) is 12.3. The first-order valence-electron chi connectivity index (χ1n) is 18.4. The van der Waals surface area contributed by atoms with Crippen LogP contribution in [-0.2, 0) is 42.7 Å². The summed E-state index contributed by atoms with van der Waals surface area (Å²) in [6.45, 7) is -2.43. The van der Waals surface area contributed by atoms with Crippen molar-refractivity contribution in [2.75, 3.05) is 33.0 Å². The summed E-state index contributed by atoms with van der Waals surface area (Å²) in [7, 11) is 0. The van der Waals surface area contributed by atoms with Crippen LogP contribution in [0.5, 0.6) is 0 Å². The number of amides is 1. The van der Waals surface area contributed by atoms with E-state index in [1.165, 1.54) is 6.92 Å². The molecule has 340 valence electrons. The maximum absolute atomic E-state index is 12.3. The largest absolute Gasteiger partial charge is 0.394 e. The number of rotatable bonds is 17. The minimum Gasteiger partial charge on any atom is -0.394 e. The molecule has 0 bridgehead atoms. The van der Waals surface area contributed by atoms with Crippen molar-refractivity contribution in [2.45, 2.75) is 161 Å². The molecule has 26 nitrogen and oxygen atoms in total. The molecule has 0 aromatic rings. The van der Waals surface area contributed by atoms with Gasteiger partial charge in [0.1, 0.15) is 116 Å². The number of carbonyl (C=O) groups is 1. The second-order valence-electron chi connectivity index (χ2n) is 14.5. The van der Waals surface area contributed by atoms with Gasteiger partial charge in [0.25, 0.3) is 0 Å². The van der Waals surface area contributed by atoms with Crippen LogP contribution in [0.2, 0.25) is 0 Å². The van der Waals surface area contributed by atoms with E-state index in [0.717, 1.165) is 6.92 Å². The second kappa shape index (κ2) is 21.5. The number of aliphatic hydroxyl groups is 16. The molecule has 17 N–H and O–H groups in total. The lowest BCUT2D eigenvalue weighted by Crippen LogP contribution is -2.68. The fraction of sp³-hybridized carbons (Fsp3) is 0.969. The van der Waals surface area contributed by atoms with Crippen LogP contribution in [0.25, 0.3) is 0 Å². The van der Waals surface area contributed by atoms with Crippen LogP contribution in [0, 0.1) is 0 Å². The smallest absolute Gasteiger partial charge is 0.217 e. The molecule has 0 radical (unpaired) electrons. The Bertz CT molecular complexity index is 1260. The van der Waals surface area contributed by atoms with Gasteiger partial charge in [-0.2, -0.15) is 0 Å². The molecule has 0 aromatic heterocycles. The Morgan fingerprint density at radius 2 is 1.00 bits per heavy atom. The molecule has 26 heteroatoms. The molecule has 4 fully saturated rings. The molecular formula is C32H57NO25. The third kappa shape index (κ3) is 10.9. The van der Waals surface area contributed by atoms with E-state index in [0.29, 0.717) is 0 Å². The third-order valence-corrected chi connectivity index (χ3v) is 10.3. The van der Waals surface area contributed by atoms with Gasteiger partial charge < -0.3 is 125 Å². The predicted molar refractivity (Wildman–Crippen MR) is 179 cm³/mol. The summed E-state index contributed by atoms with van der Waals surface area (Å²) in [6.07, 6.45) is -42.2. The second-order valence-corrected chi connectivity index (χ2v) is 14.5. The molecule has 0 saturated carbocycles. The molecule has 0 aromatic carbocycles. The summed E-state index contributed by atoms with van der Waals surface area (Å²) >= 11 is 0. The maximum Gasteiger partial charge on any atom is 0.217 e. The van der Waals surface area contributed by atoms with Gasteiger partial charge in [0.15, 0.2) is 25.2 Å². The lowest BCUT2D eigenvalue weighted by molar-refractivity contribution is -0.360. The first-order valence-corrected chi connectivity index (χ1v) is 18.4. The fourth-order valence-electron chi connectivity index (χ4n) is 6.87. The Balaban J connectivity index is 1.56. The number of hydrogen-bond donors (Lipinski definition) is 17. The van der Waals surface area contributed by atoms with Gasteiger partial charge in [-0.15, -0.1) is 0 Å². The first kappa shape index (κ1) is 49.2. The van der Waals surface area contributed by atoms with E-state index in [1.54, 1.807) is 0 Å². The van der Waals surface area contributed by atoms with Crippen molar-refractivity contribution in [3.63, 3.8) is 0 Å². The molecule has 1 amide bonds. The zero-order chi connectivity index (χ0) is 43.3. The van der Waals surface area contributed by atoms with Gasteiger partial charge in [-0.25, -0.2) is 0 Å². The van der Waals surface area contributed by atoms with E-state index in [1.807, 2.05) is 0 Å². The van der Waals surface area contributed by atoms with E-state index >= 15 is 0 Å². The Labute approximate surface area is 329 Å². The van der Waals surface area contributed by atoms with Crippen molar-refractivity contribution >= 4 is 5.91 Å². The Morgan fingerprint density at radius 1 is 0.569 bits per heavy atom. The summed E-state index contributed by atoms with van der Waals surface area (Å²) in [5, 5.41) is 168. The average Bonchev–Trinajstić information content (AvgIpc) is 3.20. The molecule has 4 heterocycles. The maximum atomic E-state index is 12.3. The Hall–Kier alpha value is -1.49. The molecule has 58 heavy (non-hydrogen) atoms. The molecule has 4 rings (SSSR count). The van der Waals surface area contributed by atoms with Crippen LogP contribution in [0.4, 0.5) is 0 Å². The van der Waals surface area contributed by atoms with Crippen molar-refractivity contribution in [2.24, 2.45) is 0 Å². The Kier molecular flexibility index (Phi) is 18.3. The minimum atomic E-state index is -2.15. The van der Waals surface area contributed by atoms with Crippen molar-refractivity contribution in [3.05, 3.63) is 0 Å². The van der Waals surface area contributed by atoms with E-state index in [-0.39, 0.29) is 0 Å². The predicted octanol–water partition coefficient (Wildman–Crippen LogP) is -11.1. The standard InChI is InChI=1S/C32H57NO25/c1-8-16(41)20(45)23(48)30(52-8)56-26(10(39)3-34)27(11(40)4-35)57-32-25(50)22(47)18(43)14(55-32)7-51-29-15(33-9(2)38)28(19(44)13(6-37)53-29)58-31-24(49)21(46)17(42)12(5-36)54-31/h8,10-32,34-37,39-50H,3-7H2,1-2H3,(H,33,38)/t8-,10-,11+,12+,13+,14+,15+,16+,17-,18-,19+,20+,21-,22-,23-,24+,25+,26+,27+,28+,29+,30-,31-,32-/m0/s1. The highest BCUT2D eigenvalue weighted by Crippen LogP contribution is 2.32. The Morgan fingerprint density at radius 3 is 1.50 bits per heavy atom. The zero-order valence-corrected chi connectivity index (χ0v) is 31.2. The van der Waals surface area contributed by atoms with Crippen molar-refractivity contribution in [3.8, 4) is 0 Å². The molecule has 0 aliphatic carbocycles. The van der Waals surface area contributed by atoms with Gasteiger partial charge in [-0.3, -0.25) is 4.79 Å². The minimum absolute atomic E-state index is 0.762. The molecule has 4 aliphatic rings. The zero-order valence-electron chi connectivity index (χ0n) is 31.2. The topological polar surface area (TPSA) is 427 Å². The van der Waals surface area contributed by atoms with Crippen LogP contribution in [-0.4, -0.2) is 268 Å². The van der Waals surface area contributed by atoms with E-state index in [4.69, 9.17) is 37.9 Å². The number of aliphatic hydroxyl groups excluding tert-OH is 16. The van der Waals surface area contributed by atoms with Crippen molar-refractivity contribution in [1.82, 2.24) is 5.32 Å². The molecule has 24 atom stereocenters.